The Morgan fingerprint density at radius 2 is 2.00 bits per heavy atom. The molecule has 14 heavy (non-hydrogen) atoms. The predicted octanol–water partition coefficient (Wildman–Crippen LogP) is 2.84. The lowest BCUT2D eigenvalue weighted by Gasteiger charge is -2.51. The highest BCUT2D eigenvalue weighted by atomic mass is 15.3. The van der Waals surface area contributed by atoms with Crippen molar-refractivity contribution >= 4 is 0 Å². The molecule has 0 aliphatic carbocycles. The van der Waals surface area contributed by atoms with E-state index in [9.17, 15) is 0 Å². The number of hydrogen-bond acceptors (Lipinski definition) is 1. The molecule has 0 spiro atoms. The minimum atomic E-state index is 0.712. The van der Waals surface area contributed by atoms with Gasteiger partial charge in [-0.3, -0.25) is 4.90 Å². The summed E-state index contributed by atoms with van der Waals surface area (Å²) in [7, 11) is 0. The van der Waals surface area contributed by atoms with Crippen LogP contribution in [0.15, 0.2) is 30.3 Å². The van der Waals surface area contributed by atoms with Gasteiger partial charge in [0.2, 0.25) is 0 Å². The van der Waals surface area contributed by atoms with Gasteiger partial charge in [-0.2, -0.15) is 0 Å². The van der Waals surface area contributed by atoms with E-state index in [1.54, 1.807) is 0 Å². The zero-order chi connectivity index (χ0) is 9.54. The molecule has 0 bridgehead atoms. The first kappa shape index (κ1) is 8.49. The lowest BCUT2D eigenvalue weighted by Crippen LogP contribution is -2.53. The third kappa shape index (κ3) is 1.05. The Morgan fingerprint density at radius 3 is 2.79 bits per heavy atom. The van der Waals surface area contributed by atoms with Gasteiger partial charge < -0.3 is 0 Å². The summed E-state index contributed by atoms with van der Waals surface area (Å²) in [4.78, 5) is 2.68. The van der Waals surface area contributed by atoms with E-state index in [-0.39, 0.29) is 0 Å². The fourth-order valence-electron chi connectivity index (χ4n) is 3.28. The van der Waals surface area contributed by atoms with Crippen LogP contribution in [0.2, 0.25) is 0 Å². The summed E-state index contributed by atoms with van der Waals surface area (Å²) in [6, 6.07) is 12.6. The molecule has 0 N–H and O–H groups in total. The Hall–Kier alpha value is -0.820. The maximum absolute atomic E-state index is 2.68. The van der Waals surface area contributed by atoms with Gasteiger partial charge in [0.15, 0.2) is 0 Å². The highest BCUT2D eigenvalue weighted by molar-refractivity contribution is 5.24. The van der Waals surface area contributed by atoms with Crippen LogP contribution >= 0.6 is 0 Å². The topological polar surface area (TPSA) is 3.24 Å². The van der Waals surface area contributed by atoms with Crippen LogP contribution in [0.3, 0.4) is 0 Å². The molecule has 2 unspecified atom stereocenters. The standard InChI is InChI=1S/C13H17N/c1-10-12-8-5-9-14(12)13(10)11-6-3-2-4-7-11/h2-4,6-7,10,12-13H,5,8-9H2,1H3/t10?,12-,13?/m0/s1. The third-order valence-corrected chi connectivity index (χ3v) is 3.95. The molecular weight excluding hydrogens is 170 g/mol. The van der Waals surface area contributed by atoms with Crippen molar-refractivity contribution in [2.75, 3.05) is 6.54 Å². The van der Waals surface area contributed by atoms with E-state index in [4.69, 9.17) is 0 Å². The number of rotatable bonds is 1. The number of fused-ring (bicyclic) bond motifs is 1. The second kappa shape index (κ2) is 3.09. The van der Waals surface area contributed by atoms with Gasteiger partial charge in [-0.05, 0) is 30.9 Å². The molecule has 3 atom stereocenters. The van der Waals surface area contributed by atoms with Gasteiger partial charge in [0, 0.05) is 12.1 Å². The molecule has 0 saturated carbocycles. The number of benzene rings is 1. The van der Waals surface area contributed by atoms with Crippen molar-refractivity contribution in [3.8, 4) is 0 Å². The largest absolute Gasteiger partial charge is 0.293 e. The molecule has 1 heteroatoms. The van der Waals surface area contributed by atoms with Crippen molar-refractivity contribution in [3.05, 3.63) is 35.9 Å². The van der Waals surface area contributed by atoms with E-state index in [2.05, 4.69) is 42.2 Å². The average Bonchev–Trinajstić information content (AvgIpc) is 2.63. The second-order valence-corrected chi connectivity index (χ2v) is 4.66. The van der Waals surface area contributed by atoms with E-state index in [0.29, 0.717) is 6.04 Å². The van der Waals surface area contributed by atoms with E-state index in [1.807, 2.05) is 0 Å². The first-order valence-corrected chi connectivity index (χ1v) is 5.68. The van der Waals surface area contributed by atoms with Gasteiger partial charge in [-0.15, -0.1) is 0 Å². The van der Waals surface area contributed by atoms with Crippen molar-refractivity contribution < 1.29 is 0 Å². The van der Waals surface area contributed by atoms with E-state index >= 15 is 0 Å². The quantitative estimate of drug-likeness (QED) is 0.653. The van der Waals surface area contributed by atoms with Crippen LogP contribution in [0.5, 0.6) is 0 Å². The second-order valence-electron chi connectivity index (χ2n) is 4.66. The van der Waals surface area contributed by atoms with Gasteiger partial charge in [0.05, 0.1) is 0 Å². The highest BCUT2D eigenvalue weighted by Crippen LogP contribution is 2.48. The minimum absolute atomic E-state index is 0.712. The minimum Gasteiger partial charge on any atom is -0.293 e. The predicted molar refractivity (Wildman–Crippen MR) is 58.1 cm³/mol. The summed E-state index contributed by atoms with van der Waals surface area (Å²) in [6.07, 6.45) is 2.82. The molecule has 0 amide bonds. The summed E-state index contributed by atoms with van der Waals surface area (Å²) >= 11 is 0. The van der Waals surface area contributed by atoms with Gasteiger partial charge in [0.25, 0.3) is 0 Å². The number of hydrogen-bond donors (Lipinski definition) is 0. The zero-order valence-corrected chi connectivity index (χ0v) is 8.69. The average molecular weight is 187 g/mol. The molecule has 2 aliphatic heterocycles. The van der Waals surface area contributed by atoms with Crippen LogP contribution in [0.4, 0.5) is 0 Å². The molecule has 0 radical (unpaired) electrons. The van der Waals surface area contributed by atoms with Crippen molar-refractivity contribution in [1.29, 1.82) is 0 Å². The first-order valence-electron chi connectivity index (χ1n) is 5.68. The fraction of sp³-hybridized carbons (Fsp3) is 0.538. The van der Waals surface area contributed by atoms with Crippen molar-refractivity contribution in [2.24, 2.45) is 5.92 Å². The van der Waals surface area contributed by atoms with Crippen LogP contribution < -0.4 is 0 Å². The Kier molecular flexibility index (Phi) is 1.88. The van der Waals surface area contributed by atoms with E-state index < -0.39 is 0 Å². The maximum atomic E-state index is 2.68. The maximum Gasteiger partial charge on any atom is 0.0391 e. The Bertz CT molecular complexity index is 319. The molecule has 2 heterocycles. The smallest absolute Gasteiger partial charge is 0.0391 e. The molecule has 2 aliphatic rings. The van der Waals surface area contributed by atoms with Gasteiger partial charge in [0.1, 0.15) is 0 Å². The summed E-state index contributed by atoms with van der Waals surface area (Å²) < 4.78 is 0. The molecule has 3 rings (SSSR count). The molecular formula is C13H17N. The Labute approximate surface area is 85.7 Å². The Balaban J connectivity index is 1.87. The summed E-state index contributed by atoms with van der Waals surface area (Å²) in [5.74, 6) is 0.861. The Morgan fingerprint density at radius 1 is 1.21 bits per heavy atom. The molecule has 1 aromatic rings. The lowest BCUT2D eigenvalue weighted by molar-refractivity contribution is -0.0161. The molecule has 74 valence electrons. The fourth-order valence-corrected chi connectivity index (χ4v) is 3.28. The summed E-state index contributed by atoms with van der Waals surface area (Å²) in [5.41, 5.74) is 1.51. The van der Waals surface area contributed by atoms with E-state index in [0.717, 1.165) is 12.0 Å². The van der Waals surface area contributed by atoms with Gasteiger partial charge in [-0.25, -0.2) is 0 Å². The van der Waals surface area contributed by atoms with Crippen molar-refractivity contribution in [3.63, 3.8) is 0 Å². The van der Waals surface area contributed by atoms with Crippen LogP contribution in [0.25, 0.3) is 0 Å². The highest BCUT2D eigenvalue weighted by Gasteiger charge is 2.47. The van der Waals surface area contributed by atoms with Crippen LogP contribution in [-0.2, 0) is 0 Å². The van der Waals surface area contributed by atoms with Gasteiger partial charge >= 0.3 is 0 Å². The summed E-state index contributed by atoms with van der Waals surface area (Å²) in [6.45, 7) is 3.72. The van der Waals surface area contributed by atoms with Crippen molar-refractivity contribution in [2.45, 2.75) is 31.8 Å². The van der Waals surface area contributed by atoms with Crippen LogP contribution in [0, 0.1) is 5.92 Å². The first-order chi connectivity index (χ1) is 6.88. The van der Waals surface area contributed by atoms with E-state index in [1.165, 1.54) is 24.9 Å². The molecule has 0 aromatic heterocycles. The number of nitrogens with zero attached hydrogens (tertiary/aromatic N) is 1. The molecule has 1 aromatic carbocycles. The van der Waals surface area contributed by atoms with Gasteiger partial charge in [-0.1, -0.05) is 37.3 Å². The van der Waals surface area contributed by atoms with Crippen molar-refractivity contribution in [1.82, 2.24) is 4.90 Å². The van der Waals surface area contributed by atoms with Crippen LogP contribution in [-0.4, -0.2) is 17.5 Å². The molecule has 1 nitrogen and oxygen atoms in total. The summed E-state index contributed by atoms with van der Waals surface area (Å²) in [5, 5.41) is 0. The zero-order valence-electron chi connectivity index (χ0n) is 8.69. The lowest BCUT2D eigenvalue weighted by atomic mass is 9.78. The monoisotopic (exact) mass is 187 g/mol. The molecule has 2 saturated heterocycles. The van der Waals surface area contributed by atoms with Crippen LogP contribution in [0.1, 0.15) is 31.4 Å². The third-order valence-electron chi connectivity index (χ3n) is 3.95. The molecule has 2 fully saturated rings. The SMILES string of the molecule is CC1C(c2ccccc2)N2CCC[C@@H]12. The normalized spacial score (nSPS) is 36.5.